The van der Waals surface area contributed by atoms with Crippen molar-refractivity contribution in [3.8, 4) is 11.4 Å². The molecule has 2 rings (SSSR count). The lowest BCUT2D eigenvalue weighted by Gasteiger charge is -2.31. The molecule has 2 heterocycles. The molecule has 0 aliphatic rings. The van der Waals surface area contributed by atoms with Gasteiger partial charge < -0.3 is 10.2 Å². The van der Waals surface area contributed by atoms with E-state index in [4.69, 9.17) is 9.97 Å². The molecule has 0 amide bonds. The summed E-state index contributed by atoms with van der Waals surface area (Å²) in [6.07, 6.45) is 27.0. The van der Waals surface area contributed by atoms with Crippen molar-refractivity contribution in [1.82, 2.24) is 9.97 Å². The Kier molecular flexibility index (Phi) is 20.0. The SMILES string of the molecule is CCCCCCCCCCCCC(C)(C)[C@H](O)c1cccc(-c2cccc([C@@H](O)C(C)(C)CCCCCCCCCCCC)n2)n1. The van der Waals surface area contributed by atoms with Gasteiger partial charge in [0.15, 0.2) is 0 Å². The molecule has 2 N–H and O–H groups in total. The normalized spacial score (nSPS) is 13.7. The Hall–Kier alpha value is -1.78. The summed E-state index contributed by atoms with van der Waals surface area (Å²) >= 11 is 0. The van der Waals surface area contributed by atoms with Crippen LogP contribution in [-0.2, 0) is 0 Å². The maximum absolute atomic E-state index is 11.4. The quantitative estimate of drug-likeness (QED) is 0.0957. The Labute approximate surface area is 284 Å². The first-order valence-corrected chi connectivity index (χ1v) is 19.4. The number of aliphatic hydroxyl groups is 2. The van der Waals surface area contributed by atoms with Gasteiger partial charge in [-0.15, -0.1) is 0 Å². The molecule has 0 bridgehead atoms. The number of aromatic nitrogens is 2. The van der Waals surface area contributed by atoms with Crippen LogP contribution in [0.3, 0.4) is 0 Å². The van der Waals surface area contributed by atoms with E-state index < -0.39 is 12.2 Å². The summed E-state index contributed by atoms with van der Waals surface area (Å²) in [6.45, 7) is 13.2. The number of nitrogens with zero attached hydrogens (tertiary/aromatic N) is 2. The molecular formula is C42H72N2O2. The van der Waals surface area contributed by atoms with Crippen molar-refractivity contribution in [3.63, 3.8) is 0 Å². The van der Waals surface area contributed by atoms with E-state index in [2.05, 4.69) is 41.5 Å². The van der Waals surface area contributed by atoms with Gasteiger partial charge in [0.05, 0.1) is 22.8 Å². The second-order valence-corrected chi connectivity index (χ2v) is 15.5. The van der Waals surface area contributed by atoms with Gasteiger partial charge in [-0.1, -0.05) is 182 Å². The average molecular weight is 637 g/mol. The fourth-order valence-corrected chi connectivity index (χ4v) is 6.70. The molecule has 0 radical (unpaired) electrons. The number of pyridine rings is 2. The molecule has 0 spiro atoms. The highest BCUT2D eigenvalue weighted by Crippen LogP contribution is 2.39. The molecule has 0 fully saturated rings. The van der Waals surface area contributed by atoms with E-state index in [1.807, 2.05) is 36.4 Å². The van der Waals surface area contributed by atoms with Crippen LogP contribution in [0, 0.1) is 10.8 Å². The Morgan fingerprint density at radius 1 is 0.457 bits per heavy atom. The van der Waals surface area contributed by atoms with E-state index in [1.54, 1.807) is 0 Å². The summed E-state index contributed by atoms with van der Waals surface area (Å²) in [6, 6.07) is 11.7. The minimum Gasteiger partial charge on any atom is -0.386 e. The van der Waals surface area contributed by atoms with Gasteiger partial charge >= 0.3 is 0 Å². The third-order valence-electron chi connectivity index (χ3n) is 10.2. The zero-order valence-electron chi connectivity index (χ0n) is 31.0. The van der Waals surface area contributed by atoms with Gasteiger partial charge in [0.25, 0.3) is 0 Å². The number of rotatable bonds is 27. The van der Waals surface area contributed by atoms with Crippen molar-refractivity contribution < 1.29 is 10.2 Å². The second kappa shape index (κ2) is 22.7. The second-order valence-electron chi connectivity index (χ2n) is 15.5. The average Bonchev–Trinajstić information content (AvgIpc) is 3.05. The maximum atomic E-state index is 11.4. The number of aliphatic hydroxyl groups excluding tert-OH is 2. The van der Waals surface area contributed by atoms with Gasteiger partial charge in [-0.05, 0) is 47.9 Å². The zero-order valence-corrected chi connectivity index (χ0v) is 31.0. The molecule has 2 atom stereocenters. The van der Waals surface area contributed by atoms with Crippen LogP contribution in [0.15, 0.2) is 36.4 Å². The molecule has 46 heavy (non-hydrogen) atoms. The van der Waals surface area contributed by atoms with Crippen molar-refractivity contribution in [2.75, 3.05) is 0 Å². The molecule has 4 heteroatoms. The van der Waals surface area contributed by atoms with Crippen molar-refractivity contribution >= 4 is 0 Å². The van der Waals surface area contributed by atoms with Crippen LogP contribution >= 0.6 is 0 Å². The topological polar surface area (TPSA) is 66.2 Å². The van der Waals surface area contributed by atoms with E-state index in [9.17, 15) is 10.2 Å². The first-order valence-electron chi connectivity index (χ1n) is 19.4. The van der Waals surface area contributed by atoms with Gasteiger partial charge in [-0.25, -0.2) is 9.97 Å². The van der Waals surface area contributed by atoms with Crippen molar-refractivity contribution in [2.45, 2.75) is 195 Å². The van der Waals surface area contributed by atoms with Crippen LogP contribution in [0.2, 0.25) is 0 Å². The fraction of sp³-hybridized carbons (Fsp3) is 0.762. The van der Waals surface area contributed by atoms with Crippen LogP contribution in [0.4, 0.5) is 0 Å². The highest BCUT2D eigenvalue weighted by molar-refractivity contribution is 5.54. The summed E-state index contributed by atoms with van der Waals surface area (Å²) in [7, 11) is 0. The Morgan fingerprint density at radius 3 is 1.04 bits per heavy atom. The predicted molar refractivity (Wildman–Crippen MR) is 198 cm³/mol. The van der Waals surface area contributed by atoms with E-state index in [-0.39, 0.29) is 10.8 Å². The predicted octanol–water partition coefficient (Wildman–Crippen LogP) is 12.9. The minimum atomic E-state index is -0.639. The Balaban J connectivity index is 1.85. The van der Waals surface area contributed by atoms with Crippen molar-refractivity contribution in [2.24, 2.45) is 10.8 Å². The maximum Gasteiger partial charge on any atom is 0.101 e. The van der Waals surface area contributed by atoms with Crippen LogP contribution in [0.25, 0.3) is 11.4 Å². The lowest BCUT2D eigenvalue weighted by molar-refractivity contribution is 0.0374. The van der Waals surface area contributed by atoms with Crippen LogP contribution in [0.5, 0.6) is 0 Å². The molecule has 0 saturated carbocycles. The molecule has 262 valence electrons. The van der Waals surface area contributed by atoms with E-state index in [0.29, 0.717) is 11.4 Å². The van der Waals surface area contributed by atoms with E-state index in [1.165, 1.54) is 116 Å². The third-order valence-corrected chi connectivity index (χ3v) is 10.2. The minimum absolute atomic E-state index is 0.254. The molecular weight excluding hydrogens is 564 g/mol. The summed E-state index contributed by atoms with van der Waals surface area (Å²) in [5.41, 5.74) is 2.37. The van der Waals surface area contributed by atoms with Crippen LogP contribution in [0.1, 0.15) is 206 Å². The zero-order chi connectivity index (χ0) is 33.7. The molecule has 2 aromatic heterocycles. The number of hydrogen-bond donors (Lipinski definition) is 2. The summed E-state index contributed by atoms with van der Waals surface area (Å²) < 4.78 is 0. The number of unbranched alkanes of at least 4 members (excludes halogenated alkanes) is 18. The summed E-state index contributed by atoms with van der Waals surface area (Å²) in [5.74, 6) is 0. The molecule has 2 aromatic rings. The molecule has 0 aliphatic carbocycles. The van der Waals surface area contributed by atoms with Gasteiger partial charge in [0.2, 0.25) is 0 Å². The Morgan fingerprint density at radius 2 is 0.739 bits per heavy atom. The highest BCUT2D eigenvalue weighted by Gasteiger charge is 2.31. The van der Waals surface area contributed by atoms with Gasteiger partial charge in [-0.2, -0.15) is 0 Å². The number of hydrogen-bond acceptors (Lipinski definition) is 4. The highest BCUT2D eigenvalue weighted by atomic mass is 16.3. The molecule has 0 saturated heterocycles. The summed E-state index contributed by atoms with van der Waals surface area (Å²) in [4.78, 5) is 9.77. The first-order chi connectivity index (χ1) is 22.1. The van der Waals surface area contributed by atoms with E-state index in [0.717, 1.165) is 37.1 Å². The van der Waals surface area contributed by atoms with Gasteiger partial charge in [-0.3, -0.25) is 0 Å². The largest absolute Gasteiger partial charge is 0.386 e. The van der Waals surface area contributed by atoms with Crippen LogP contribution < -0.4 is 0 Å². The lowest BCUT2D eigenvalue weighted by atomic mass is 9.79. The van der Waals surface area contributed by atoms with Crippen molar-refractivity contribution in [3.05, 3.63) is 47.8 Å². The first kappa shape index (κ1) is 40.4. The Bertz CT molecular complexity index is 966. The van der Waals surface area contributed by atoms with E-state index >= 15 is 0 Å². The van der Waals surface area contributed by atoms with Crippen LogP contribution in [-0.4, -0.2) is 20.2 Å². The smallest absolute Gasteiger partial charge is 0.101 e. The summed E-state index contributed by atoms with van der Waals surface area (Å²) in [5, 5.41) is 22.8. The van der Waals surface area contributed by atoms with Gasteiger partial charge in [0.1, 0.15) is 12.2 Å². The van der Waals surface area contributed by atoms with Gasteiger partial charge in [0, 0.05) is 0 Å². The molecule has 0 aromatic carbocycles. The van der Waals surface area contributed by atoms with Crippen molar-refractivity contribution in [1.29, 1.82) is 0 Å². The monoisotopic (exact) mass is 637 g/mol. The third kappa shape index (κ3) is 15.4. The lowest BCUT2D eigenvalue weighted by Crippen LogP contribution is -2.23. The molecule has 0 unspecified atom stereocenters. The standard InChI is InChI=1S/C42H72N2O2/c1-7-9-11-13-15-17-19-21-23-25-33-41(3,4)39(45)37-31-27-29-35(43-37)36-30-28-32-38(44-36)40(46)42(5,6)34-26-24-22-20-18-16-14-12-10-8-2/h27-32,39-40,45-46H,7-26,33-34H2,1-6H3/t39-,40-/m1/s1. The molecule has 0 aliphatic heterocycles. The molecule has 4 nitrogen and oxygen atoms in total. The fourth-order valence-electron chi connectivity index (χ4n) is 6.70.